The molecule has 6 heteroatoms. The summed E-state index contributed by atoms with van der Waals surface area (Å²) in [5, 5.41) is 11.6. The van der Waals surface area contributed by atoms with E-state index in [0.717, 1.165) is 57.1 Å². The lowest BCUT2D eigenvalue weighted by Gasteiger charge is -2.33. The zero-order valence-electron chi connectivity index (χ0n) is 17.7. The van der Waals surface area contributed by atoms with Crippen molar-refractivity contribution in [2.24, 2.45) is 12.0 Å². The zero-order valence-corrected chi connectivity index (χ0v) is 17.7. The molecule has 1 fully saturated rings. The van der Waals surface area contributed by atoms with Gasteiger partial charge in [-0.2, -0.15) is 5.10 Å². The van der Waals surface area contributed by atoms with Gasteiger partial charge in [-0.3, -0.25) is 14.6 Å². The summed E-state index contributed by atoms with van der Waals surface area (Å²) < 4.78 is 1.96. The summed E-state index contributed by atoms with van der Waals surface area (Å²) in [5.74, 6) is 0.903. The van der Waals surface area contributed by atoms with Crippen molar-refractivity contribution in [1.82, 2.24) is 25.3 Å². The minimum Gasteiger partial charge on any atom is -0.356 e. The Morgan fingerprint density at radius 1 is 1.18 bits per heavy atom. The molecule has 0 amide bonds. The van der Waals surface area contributed by atoms with Gasteiger partial charge in [0, 0.05) is 52.0 Å². The molecule has 0 aliphatic carbocycles. The molecule has 0 saturated carbocycles. The Morgan fingerprint density at radius 2 is 1.89 bits per heavy atom. The van der Waals surface area contributed by atoms with Gasteiger partial charge in [0.25, 0.3) is 0 Å². The van der Waals surface area contributed by atoms with Gasteiger partial charge in [0.15, 0.2) is 5.96 Å². The molecule has 2 aromatic rings. The number of piperidine rings is 1. The van der Waals surface area contributed by atoms with Crippen LogP contribution in [0.25, 0.3) is 0 Å². The Balaban J connectivity index is 1.40. The van der Waals surface area contributed by atoms with E-state index in [0.29, 0.717) is 6.04 Å². The van der Waals surface area contributed by atoms with Crippen LogP contribution >= 0.6 is 0 Å². The number of likely N-dealkylation sites (tertiary alicyclic amines) is 1. The van der Waals surface area contributed by atoms with Crippen molar-refractivity contribution in [3.05, 3.63) is 52.8 Å². The van der Waals surface area contributed by atoms with E-state index in [1.54, 1.807) is 0 Å². The standard InChI is InChI=1S/C22H34N6/c1-17-21(18(2)27(4)26-17)10-13-24-22(23-3)25-20-11-14-28(15-12-20)16-19-8-6-5-7-9-19/h5-9,20H,10-16H2,1-4H3,(H2,23,24,25). The highest BCUT2D eigenvalue weighted by Crippen LogP contribution is 2.14. The fraction of sp³-hybridized carbons (Fsp3) is 0.545. The summed E-state index contributed by atoms with van der Waals surface area (Å²) in [6.45, 7) is 8.36. The third kappa shape index (κ3) is 5.35. The molecule has 0 spiro atoms. The number of aliphatic imine (C=N–C) groups is 1. The Kier molecular flexibility index (Phi) is 7.09. The molecular weight excluding hydrogens is 348 g/mol. The fourth-order valence-corrected chi connectivity index (χ4v) is 3.95. The van der Waals surface area contributed by atoms with Crippen LogP contribution in [0.5, 0.6) is 0 Å². The topological polar surface area (TPSA) is 57.5 Å². The fourth-order valence-electron chi connectivity index (χ4n) is 3.95. The second-order valence-electron chi connectivity index (χ2n) is 7.70. The smallest absolute Gasteiger partial charge is 0.191 e. The van der Waals surface area contributed by atoms with Gasteiger partial charge in [-0.25, -0.2) is 0 Å². The van der Waals surface area contributed by atoms with Gasteiger partial charge < -0.3 is 10.6 Å². The van der Waals surface area contributed by atoms with Crippen LogP contribution in [-0.4, -0.2) is 53.4 Å². The van der Waals surface area contributed by atoms with E-state index in [4.69, 9.17) is 0 Å². The molecule has 0 unspecified atom stereocenters. The van der Waals surface area contributed by atoms with Crippen LogP contribution in [0, 0.1) is 13.8 Å². The zero-order chi connectivity index (χ0) is 19.9. The monoisotopic (exact) mass is 382 g/mol. The molecule has 1 saturated heterocycles. The van der Waals surface area contributed by atoms with Crippen LogP contribution in [0.4, 0.5) is 0 Å². The molecular formula is C22H34N6. The summed E-state index contributed by atoms with van der Waals surface area (Å²) in [5.41, 5.74) is 5.09. The first-order valence-corrected chi connectivity index (χ1v) is 10.3. The number of rotatable bonds is 6. The van der Waals surface area contributed by atoms with Crippen molar-refractivity contribution in [2.45, 2.75) is 45.7 Å². The second kappa shape index (κ2) is 9.73. The van der Waals surface area contributed by atoms with E-state index in [1.165, 1.54) is 16.8 Å². The molecule has 3 rings (SSSR count). The Bertz CT molecular complexity index is 772. The van der Waals surface area contributed by atoms with Crippen LogP contribution in [0.15, 0.2) is 35.3 Å². The van der Waals surface area contributed by atoms with E-state index in [-0.39, 0.29) is 0 Å². The minimum atomic E-state index is 0.486. The van der Waals surface area contributed by atoms with Gasteiger partial charge >= 0.3 is 0 Å². The number of guanidine groups is 1. The van der Waals surface area contributed by atoms with Crippen molar-refractivity contribution < 1.29 is 0 Å². The molecule has 0 atom stereocenters. The largest absolute Gasteiger partial charge is 0.356 e. The SMILES string of the molecule is CN=C(NCCc1c(C)nn(C)c1C)NC1CCN(Cc2ccccc2)CC1. The third-order valence-electron chi connectivity index (χ3n) is 5.73. The molecule has 2 heterocycles. The maximum atomic E-state index is 4.50. The summed E-state index contributed by atoms with van der Waals surface area (Å²) >= 11 is 0. The van der Waals surface area contributed by atoms with Gasteiger partial charge in [-0.05, 0) is 44.2 Å². The molecule has 1 aromatic carbocycles. The average Bonchev–Trinajstić information content (AvgIpc) is 2.95. The lowest BCUT2D eigenvalue weighted by molar-refractivity contribution is 0.198. The molecule has 1 aliphatic rings. The van der Waals surface area contributed by atoms with Gasteiger partial charge in [0.05, 0.1) is 5.69 Å². The molecule has 28 heavy (non-hydrogen) atoms. The number of aromatic nitrogens is 2. The van der Waals surface area contributed by atoms with Gasteiger partial charge in [0.1, 0.15) is 0 Å². The van der Waals surface area contributed by atoms with Crippen LogP contribution in [0.1, 0.15) is 35.4 Å². The van der Waals surface area contributed by atoms with E-state index in [9.17, 15) is 0 Å². The van der Waals surface area contributed by atoms with Crippen molar-refractivity contribution in [2.75, 3.05) is 26.7 Å². The molecule has 152 valence electrons. The van der Waals surface area contributed by atoms with E-state index < -0.39 is 0 Å². The second-order valence-corrected chi connectivity index (χ2v) is 7.70. The van der Waals surface area contributed by atoms with Gasteiger partial charge in [-0.15, -0.1) is 0 Å². The predicted molar refractivity (Wildman–Crippen MR) is 116 cm³/mol. The van der Waals surface area contributed by atoms with Crippen LogP contribution in [-0.2, 0) is 20.0 Å². The summed E-state index contributed by atoms with van der Waals surface area (Å²) in [6, 6.07) is 11.2. The van der Waals surface area contributed by atoms with E-state index in [1.807, 2.05) is 18.8 Å². The number of aryl methyl sites for hydroxylation is 2. The van der Waals surface area contributed by atoms with Crippen molar-refractivity contribution >= 4 is 5.96 Å². The first kappa shape index (κ1) is 20.4. The summed E-state index contributed by atoms with van der Waals surface area (Å²) in [7, 11) is 3.85. The number of benzene rings is 1. The summed E-state index contributed by atoms with van der Waals surface area (Å²) in [4.78, 5) is 6.95. The highest BCUT2D eigenvalue weighted by atomic mass is 15.3. The number of nitrogens with one attached hydrogen (secondary N) is 2. The Morgan fingerprint density at radius 3 is 2.50 bits per heavy atom. The van der Waals surface area contributed by atoms with Gasteiger partial charge in [-0.1, -0.05) is 30.3 Å². The quantitative estimate of drug-likeness (QED) is 0.595. The van der Waals surface area contributed by atoms with Crippen LogP contribution in [0.2, 0.25) is 0 Å². The van der Waals surface area contributed by atoms with E-state index >= 15 is 0 Å². The maximum absolute atomic E-state index is 4.50. The molecule has 0 bridgehead atoms. The van der Waals surface area contributed by atoms with Crippen LogP contribution in [0.3, 0.4) is 0 Å². The average molecular weight is 383 g/mol. The third-order valence-corrected chi connectivity index (χ3v) is 5.73. The van der Waals surface area contributed by atoms with Crippen molar-refractivity contribution in [3.63, 3.8) is 0 Å². The predicted octanol–water partition coefficient (Wildman–Crippen LogP) is 2.41. The first-order chi connectivity index (χ1) is 13.6. The van der Waals surface area contributed by atoms with Crippen molar-refractivity contribution in [3.8, 4) is 0 Å². The van der Waals surface area contributed by atoms with Crippen molar-refractivity contribution in [1.29, 1.82) is 0 Å². The molecule has 2 N–H and O–H groups in total. The molecule has 1 aliphatic heterocycles. The highest BCUT2D eigenvalue weighted by molar-refractivity contribution is 5.79. The molecule has 0 radical (unpaired) electrons. The molecule has 6 nitrogen and oxygen atoms in total. The Hall–Kier alpha value is -2.34. The maximum Gasteiger partial charge on any atom is 0.191 e. The minimum absolute atomic E-state index is 0.486. The molecule has 1 aromatic heterocycles. The lowest BCUT2D eigenvalue weighted by Crippen LogP contribution is -2.48. The Labute approximate surface area is 169 Å². The van der Waals surface area contributed by atoms with Crippen LogP contribution < -0.4 is 10.6 Å². The summed E-state index contributed by atoms with van der Waals surface area (Å²) in [6.07, 6.45) is 3.25. The number of nitrogens with zero attached hydrogens (tertiary/aromatic N) is 4. The lowest BCUT2D eigenvalue weighted by atomic mass is 10.0. The van der Waals surface area contributed by atoms with Gasteiger partial charge in [0.2, 0.25) is 0 Å². The normalized spacial score (nSPS) is 16.4. The highest BCUT2D eigenvalue weighted by Gasteiger charge is 2.20. The van der Waals surface area contributed by atoms with E-state index in [2.05, 4.69) is 69.8 Å². The number of hydrogen-bond donors (Lipinski definition) is 2. The number of hydrogen-bond acceptors (Lipinski definition) is 3. The first-order valence-electron chi connectivity index (χ1n) is 10.3.